The van der Waals surface area contributed by atoms with Crippen LogP contribution in [0.2, 0.25) is 10.3 Å². The van der Waals surface area contributed by atoms with E-state index in [2.05, 4.69) is 20.5 Å². The normalized spacial score (nSPS) is 11.9. The van der Waals surface area contributed by atoms with Gasteiger partial charge >= 0.3 is 5.97 Å². The summed E-state index contributed by atoms with van der Waals surface area (Å²) in [6.45, 7) is 4.79. The Morgan fingerprint density at radius 3 is 2.68 bits per heavy atom. The molecule has 10 heteroatoms. The summed E-state index contributed by atoms with van der Waals surface area (Å²) in [6.07, 6.45) is 0.224. The summed E-state index contributed by atoms with van der Waals surface area (Å²) in [7, 11) is 0. The quantitative estimate of drug-likeness (QED) is 0.410. The number of ether oxygens (including phenoxy) is 2. The van der Waals surface area contributed by atoms with Gasteiger partial charge in [0.15, 0.2) is 21.1 Å². The number of carbonyl (C=O) groups is 1. The lowest BCUT2D eigenvalue weighted by Gasteiger charge is -2.20. The highest BCUT2D eigenvalue weighted by Gasteiger charge is 2.19. The number of thiazole rings is 1. The van der Waals surface area contributed by atoms with Crippen LogP contribution in [0.5, 0.6) is 0 Å². The number of aromatic nitrogens is 3. The van der Waals surface area contributed by atoms with Crippen LogP contribution < -0.4 is 5.32 Å². The minimum Gasteiger partial charge on any atom is -0.461 e. The van der Waals surface area contributed by atoms with Gasteiger partial charge in [0.2, 0.25) is 0 Å². The Hall–Kier alpha value is -2.26. The number of carbonyl (C=O) groups excluding carboxylic acids is 1. The van der Waals surface area contributed by atoms with Gasteiger partial charge in [-0.2, -0.15) is 0 Å². The number of benzene rings is 1. The van der Waals surface area contributed by atoms with Crippen molar-refractivity contribution in [2.45, 2.75) is 33.0 Å². The molecule has 31 heavy (non-hydrogen) atoms. The molecule has 7 nitrogen and oxygen atoms in total. The summed E-state index contributed by atoms with van der Waals surface area (Å²) in [4.78, 5) is 16.1. The molecule has 1 aromatic carbocycles. The largest absolute Gasteiger partial charge is 0.461 e. The van der Waals surface area contributed by atoms with Gasteiger partial charge in [0, 0.05) is 23.9 Å². The Bertz CT molecular complexity index is 1020. The van der Waals surface area contributed by atoms with Gasteiger partial charge in [-0.1, -0.05) is 53.5 Å². The number of halogens is 2. The van der Waals surface area contributed by atoms with Crippen molar-refractivity contribution in [1.29, 1.82) is 0 Å². The average molecular weight is 481 g/mol. The summed E-state index contributed by atoms with van der Waals surface area (Å²) in [5, 5.41) is 13.9. The first-order chi connectivity index (χ1) is 15.0. The van der Waals surface area contributed by atoms with Crippen LogP contribution in [0.1, 0.15) is 34.1 Å². The minimum absolute atomic E-state index is 0.258. The van der Waals surface area contributed by atoms with Gasteiger partial charge in [-0.3, -0.25) is 0 Å². The molecule has 0 fully saturated rings. The van der Waals surface area contributed by atoms with E-state index >= 15 is 0 Å². The fraction of sp³-hybridized carbons (Fsp3) is 0.333. The lowest BCUT2D eigenvalue weighted by molar-refractivity contribution is 0.0493. The van der Waals surface area contributed by atoms with Crippen LogP contribution in [0.15, 0.2) is 35.7 Å². The summed E-state index contributed by atoms with van der Waals surface area (Å²) < 4.78 is 11.2. The Labute approximate surface area is 194 Å². The first-order valence-electron chi connectivity index (χ1n) is 9.67. The highest BCUT2D eigenvalue weighted by Crippen LogP contribution is 2.25. The highest BCUT2D eigenvalue weighted by atomic mass is 35.5. The molecule has 0 amide bonds. The van der Waals surface area contributed by atoms with E-state index < -0.39 is 5.97 Å². The zero-order valence-corrected chi connectivity index (χ0v) is 19.4. The molecule has 164 valence electrons. The average Bonchev–Trinajstić information content (AvgIpc) is 3.25. The SMILES string of the molecule is CCOC(=O)c1csc(NCC(Cc2c(Cl)nnc(Cl)c2C)OCc2ccccc2)n1. The second-order valence-electron chi connectivity index (χ2n) is 6.65. The molecule has 0 bridgehead atoms. The van der Waals surface area contributed by atoms with E-state index in [0.29, 0.717) is 41.6 Å². The van der Waals surface area contributed by atoms with E-state index in [4.69, 9.17) is 32.7 Å². The number of hydrogen-bond donors (Lipinski definition) is 1. The first-order valence-corrected chi connectivity index (χ1v) is 11.3. The zero-order chi connectivity index (χ0) is 22.2. The molecule has 3 aromatic rings. The topological polar surface area (TPSA) is 86.2 Å². The Kier molecular flexibility index (Phi) is 8.60. The van der Waals surface area contributed by atoms with Crippen molar-refractivity contribution in [2.24, 2.45) is 0 Å². The highest BCUT2D eigenvalue weighted by molar-refractivity contribution is 7.13. The van der Waals surface area contributed by atoms with Crippen LogP contribution in [0.25, 0.3) is 0 Å². The molecule has 1 N–H and O–H groups in total. The molecule has 0 radical (unpaired) electrons. The lowest BCUT2D eigenvalue weighted by atomic mass is 10.1. The van der Waals surface area contributed by atoms with E-state index in [0.717, 1.165) is 16.7 Å². The van der Waals surface area contributed by atoms with E-state index in [9.17, 15) is 4.79 Å². The van der Waals surface area contributed by atoms with Crippen molar-refractivity contribution in [3.05, 3.63) is 68.4 Å². The van der Waals surface area contributed by atoms with Gasteiger partial charge in [0.05, 0.1) is 19.3 Å². The van der Waals surface area contributed by atoms with Gasteiger partial charge < -0.3 is 14.8 Å². The maximum absolute atomic E-state index is 11.8. The van der Waals surface area contributed by atoms with Gasteiger partial charge in [-0.25, -0.2) is 9.78 Å². The fourth-order valence-corrected chi connectivity index (χ4v) is 3.90. The monoisotopic (exact) mass is 480 g/mol. The van der Waals surface area contributed by atoms with E-state index in [1.165, 1.54) is 11.3 Å². The number of esters is 1. The molecule has 0 aliphatic heterocycles. The van der Waals surface area contributed by atoms with Gasteiger partial charge in [0.1, 0.15) is 0 Å². The molecular formula is C21H22Cl2N4O3S. The van der Waals surface area contributed by atoms with E-state index in [1.54, 1.807) is 12.3 Å². The number of anilines is 1. The maximum atomic E-state index is 11.8. The maximum Gasteiger partial charge on any atom is 0.357 e. The standard InChI is InChI=1S/C21H22Cl2N4O3S/c1-3-29-20(28)17-12-31-21(25-17)24-10-15(30-11-14-7-5-4-6-8-14)9-16-13(2)18(22)26-27-19(16)23/h4-8,12,15H,3,9-11H2,1-2H3,(H,24,25). The summed E-state index contributed by atoms with van der Waals surface area (Å²) in [5.74, 6) is -0.441. The summed E-state index contributed by atoms with van der Waals surface area (Å²) >= 11 is 13.7. The predicted molar refractivity (Wildman–Crippen MR) is 122 cm³/mol. The molecule has 0 saturated carbocycles. The van der Waals surface area contributed by atoms with Gasteiger partial charge in [-0.15, -0.1) is 21.5 Å². The van der Waals surface area contributed by atoms with Crippen LogP contribution in [0, 0.1) is 6.92 Å². The molecule has 0 aliphatic carbocycles. The third-order valence-electron chi connectivity index (χ3n) is 4.47. The lowest BCUT2D eigenvalue weighted by Crippen LogP contribution is -2.26. The van der Waals surface area contributed by atoms with Crippen LogP contribution in [-0.2, 0) is 22.5 Å². The van der Waals surface area contributed by atoms with Crippen LogP contribution in [0.3, 0.4) is 0 Å². The third kappa shape index (κ3) is 6.61. The van der Waals surface area contributed by atoms with E-state index in [-0.39, 0.29) is 11.8 Å². The summed E-state index contributed by atoms with van der Waals surface area (Å²) in [6, 6.07) is 9.89. The third-order valence-corrected chi connectivity index (χ3v) is 5.93. The number of hydrogen-bond acceptors (Lipinski definition) is 8. The smallest absolute Gasteiger partial charge is 0.357 e. The number of nitrogens with one attached hydrogen (secondary N) is 1. The molecule has 0 aliphatic rings. The molecule has 3 rings (SSSR count). The zero-order valence-electron chi connectivity index (χ0n) is 17.1. The Morgan fingerprint density at radius 1 is 1.19 bits per heavy atom. The van der Waals surface area contributed by atoms with Crippen LogP contribution in [-0.4, -0.2) is 40.4 Å². The molecule has 0 spiro atoms. The van der Waals surface area contributed by atoms with Crippen molar-refractivity contribution < 1.29 is 14.3 Å². The van der Waals surface area contributed by atoms with Crippen molar-refractivity contribution in [3.63, 3.8) is 0 Å². The van der Waals surface area contributed by atoms with Crippen molar-refractivity contribution in [1.82, 2.24) is 15.2 Å². The van der Waals surface area contributed by atoms with Gasteiger partial charge in [-0.05, 0) is 25.0 Å². The van der Waals surface area contributed by atoms with Gasteiger partial charge in [0.25, 0.3) is 0 Å². The number of rotatable bonds is 10. The Morgan fingerprint density at radius 2 is 1.94 bits per heavy atom. The second-order valence-corrected chi connectivity index (χ2v) is 8.22. The molecule has 2 heterocycles. The molecule has 2 aromatic heterocycles. The van der Waals surface area contributed by atoms with Crippen molar-refractivity contribution >= 4 is 45.6 Å². The Balaban J connectivity index is 1.71. The first kappa shape index (κ1) is 23.4. The molecule has 0 saturated heterocycles. The van der Waals surface area contributed by atoms with E-state index in [1.807, 2.05) is 37.3 Å². The summed E-state index contributed by atoms with van der Waals surface area (Å²) in [5.41, 5.74) is 2.89. The van der Waals surface area contributed by atoms with Crippen LogP contribution in [0.4, 0.5) is 5.13 Å². The minimum atomic E-state index is -0.441. The molecular weight excluding hydrogens is 459 g/mol. The van der Waals surface area contributed by atoms with Crippen molar-refractivity contribution in [3.8, 4) is 0 Å². The predicted octanol–water partition coefficient (Wildman–Crippen LogP) is 4.97. The fourth-order valence-electron chi connectivity index (χ4n) is 2.80. The second kappa shape index (κ2) is 11.4. The van der Waals surface area contributed by atoms with Crippen LogP contribution >= 0.6 is 34.5 Å². The van der Waals surface area contributed by atoms with Crippen molar-refractivity contribution in [2.75, 3.05) is 18.5 Å². The molecule has 1 unspecified atom stereocenters. The number of nitrogens with zero attached hydrogens (tertiary/aromatic N) is 3. The molecule has 1 atom stereocenters.